The molecule has 0 radical (unpaired) electrons. The number of rotatable bonds is 5. The van der Waals surface area contributed by atoms with Gasteiger partial charge in [0, 0.05) is 29.8 Å². The minimum Gasteiger partial charge on any atom is -0.489 e. The molecular weight excluding hydrogens is 340 g/mol. The Bertz CT molecular complexity index is 792. The third kappa shape index (κ3) is 4.15. The summed E-state index contributed by atoms with van der Waals surface area (Å²) in [7, 11) is 0. The van der Waals surface area contributed by atoms with E-state index in [4.69, 9.17) is 9.26 Å². The number of likely N-dealkylation sites (N-methyl/N-ethyl adjacent to an activating group) is 1. The Kier molecular flexibility index (Phi) is 4.93. The zero-order valence-corrected chi connectivity index (χ0v) is 16.9. The molecule has 3 heterocycles. The molecule has 0 aromatic carbocycles. The minimum absolute atomic E-state index is 0.176. The van der Waals surface area contributed by atoms with Crippen molar-refractivity contribution in [2.24, 2.45) is 0 Å². The van der Waals surface area contributed by atoms with E-state index >= 15 is 0 Å². The molecule has 27 heavy (non-hydrogen) atoms. The van der Waals surface area contributed by atoms with Crippen LogP contribution in [0.15, 0.2) is 16.8 Å². The van der Waals surface area contributed by atoms with Crippen molar-refractivity contribution in [2.45, 2.75) is 70.8 Å². The first-order chi connectivity index (χ1) is 12.9. The van der Waals surface area contributed by atoms with Gasteiger partial charge < -0.3 is 9.26 Å². The van der Waals surface area contributed by atoms with Crippen molar-refractivity contribution in [1.29, 1.82) is 0 Å². The second kappa shape index (κ2) is 7.23. The fourth-order valence-electron chi connectivity index (χ4n) is 3.58. The average molecular weight is 370 g/mol. The molecule has 0 amide bonds. The van der Waals surface area contributed by atoms with Gasteiger partial charge in [0.15, 0.2) is 0 Å². The standard InChI is InChI=1S/C21H30N4O2/c1-5-25-10-6-7-15(13-25)26-18-11-17(22-12-16(18)14-8-9-14)19-23-20(27-24-19)21(2,3)4/h11-12,14-15H,5-10,13H2,1-4H3. The Morgan fingerprint density at radius 1 is 1.26 bits per heavy atom. The van der Waals surface area contributed by atoms with E-state index in [0.29, 0.717) is 17.6 Å². The Morgan fingerprint density at radius 2 is 2.07 bits per heavy atom. The molecule has 0 bridgehead atoms. The summed E-state index contributed by atoms with van der Waals surface area (Å²) >= 11 is 0. The van der Waals surface area contributed by atoms with Gasteiger partial charge >= 0.3 is 0 Å². The van der Waals surface area contributed by atoms with Crippen LogP contribution in [0.25, 0.3) is 11.5 Å². The lowest BCUT2D eigenvalue weighted by Crippen LogP contribution is -2.40. The predicted octanol–water partition coefficient (Wildman–Crippen LogP) is 4.17. The van der Waals surface area contributed by atoms with Crippen molar-refractivity contribution in [2.75, 3.05) is 19.6 Å². The summed E-state index contributed by atoms with van der Waals surface area (Å²) in [5.41, 5.74) is 1.77. The van der Waals surface area contributed by atoms with Crippen molar-refractivity contribution in [1.82, 2.24) is 20.0 Å². The van der Waals surface area contributed by atoms with Gasteiger partial charge in [-0.1, -0.05) is 32.9 Å². The highest BCUT2D eigenvalue weighted by Gasteiger charge is 2.30. The molecule has 6 heteroatoms. The first kappa shape index (κ1) is 18.4. The summed E-state index contributed by atoms with van der Waals surface area (Å²) in [5.74, 6) is 2.69. The van der Waals surface area contributed by atoms with Crippen LogP contribution in [-0.4, -0.2) is 45.8 Å². The second-order valence-electron chi connectivity index (χ2n) is 8.83. The lowest BCUT2D eigenvalue weighted by atomic mass is 9.97. The van der Waals surface area contributed by atoms with Crippen LogP contribution in [0, 0.1) is 0 Å². The largest absolute Gasteiger partial charge is 0.489 e. The molecule has 4 rings (SSSR count). The van der Waals surface area contributed by atoms with Gasteiger partial charge in [0.1, 0.15) is 17.5 Å². The monoisotopic (exact) mass is 370 g/mol. The van der Waals surface area contributed by atoms with Crippen molar-refractivity contribution >= 4 is 0 Å². The molecule has 0 spiro atoms. The highest BCUT2D eigenvalue weighted by Crippen LogP contribution is 2.45. The summed E-state index contributed by atoms with van der Waals surface area (Å²) in [6.45, 7) is 11.6. The normalized spacial score (nSPS) is 21.4. The average Bonchev–Trinajstić information content (AvgIpc) is 3.35. The van der Waals surface area contributed by atoms with E-state index in [-0.39, 0.29) is 11.5 Å². The Balaban J connectivity index is 1.60. The van der Waals surface area contributed by atoms with E-state index in [2.05, 4.69) is 47.7 Å². The molecule has 1 saturated carbocycles. The first-order valence-electron chi connectivity index (χ1n) is 10.2. The van der Waals surface area contributed by atoms with Crippen LogP contribution >= 0.6 is 0 Å². The highest BCUT2D eigenvalue weighted by molar-refractivity contribution is 5.54. The van der Waals surface area contributed by atoms with Crippen LogP contribution in [0.4, 0.5) is 0 Å². The molecule has 146 valence electrons. The quantitative estimate of drug-likeness (QED) is 0.787. The fraction of sp³-hybridized carbons (Fsp3) is 0.667. The predicted molar refractivity (Wildman–Crippen MR) is 104 cm³/mol. The highest BCUT2D eigenvalue weighted by atomic mass is 16.5. The minimum atomic E-state index is -0.176. The van der Waals surface area contributed by atoms with Crippen LogP contribution < -0.4 is 4.74 Å². The summed E-state index contributed by atoms with van der Waals surface area (Å²) in [6.07, 6.45) is 6.93. The number of ether oxygens (including phenoxy) is 1. The van der Waals surface area contributed by atoms with Gasteiger partial charge in [-0.25, -0.2) is 0 Å². The Morgan fingerprint density at radius 3 is 2.74 bits per heavy atom. The van der Waals surface area contributed by atoms with Crippen LogP contribution in [0.2, 0.25) is 0 Å². The van der Waals surface area contributed by atoms with Gasteiger partial charge in [0.05, 0.1) is 0 Å². The van der Waals surface area contributed by atoms with E-state index in [1.54, 1.807) is 0 Å². The summed E-state index contributed by atoms with van der Waals surface area (Å²) < 4.78 is 11.9. The van der Waals surface area contributed by atoms with E-state index < -0.39 is 0 Å². The van der Waals surface area contributed by atoms with Gasteiger partial charge in [-0.15, -0.1) is 0 Å². The Labute approximate surface area is 161 Å². The summed E-state index contributed by atoms with van der Waals surface area (Å²) in [4.78, 5) is 11.6. The van der Waals surface area contributed by atoms with Crippen molar-refractivity contribution in [3.63, 3.8) is 0 Å². The van der Waals surface area contributed by atoms with Crippen molar-refractivity contribution < 1.29 is 9.26 Å². The second-order valence-corrected chi connectivity index (χ2v) is 8.83. The van der Waals surface area contributed by atoms with E-state index in [0.717, 1.165) is 31.0 Å². The molecule has 1 atom stereocenters. The van der Waals surface area contributed by atoms with E-state index in [1.165, 1.54) is 31.4 Å². The number of hydrogen-bond acceptors (Lipinski definition) is 6. The van der Waals surface area contributed by atoms with Crippen LogP contribution in [0.1, 0.15) is 70.8 Å². The summed E-state index contributed by atoms with van der Waals surface area (Å²) in [6, 6.07) is 2.01. The fourth-order valence-corrected chi connectivity index (χ4v) is 3.58. The van der Waals surface area contributed by atoms with Crippen LogP contribution in [0.3, 0.4) is 0 Å². The lowest BCUT2D eigenvalue weighted by Gasteiger charge is -2.32. The van der Waals surface area contributed by atoms with Crippen molar-refractivity contribution in [3.8, 4) is 17.3 Å². The topological polar surface area (TPSA) is 64.3 Å². The first-order valence-corrected chi connectivity index (χ1v) is 10.2. The van der Waals surface area contributed by atoms with Gasteiger partial charge in [0.2, 0.25) is 11.7 Å². The van der Waals surface area contributed by atoms with Gasteiger partial charge in [-0.2, -0.15) is 4.98 Å². The summed E-state index contributed by atoms with van der Waals surface area (Å²) in [5, 5.41) is 4.14. The zero-order chi connectivity index (χ0) is 19.0. The molecular formula is C21H30N4O2. The van der Waals surface area contributed by atoms with Crippen molar-refractivity contribution in [3.05, 3.63) is 23.7 Å². The Hall–Kier alpha value is -1.95. The maximum Gasteiger partial charge on any atom is 0.232 e. The number of aromatic nitrogens is 3. The van der Waals surface area contributed by atoms with E-state index in [1.807, 2.05) is 12.3 Å². The maximum atomic E-state index is 6.49. The molecule has 2 aromatic rings. The van der Waals surface area contributed by atoms with E-state index in [9.17, 15) is 0 Å². The molecule has 0 N–H and O–H groups in total. The maximum absolute atomic E-state index is 6.49. The third-order valence-electron chi connectivity index (χ3n) is 5.41. The molecule has 1 aliphatic heterocycles. The smallest absolute Gasteiger partial charge is 0.232 e. The third-order valence-corrected chi connectivity index (χ3v) is 5.41. The molecule has 2 aromatic heterocycles. The zero-order valence-electron chi connectivity index (χ0n) is 16.9. The van der Waals surface area contributed by atoms with Gasteiger partial charge in [-0.05, 0) is 44.7 Å². The molecule has 1 aliphatic carbocycles. The lowest BCUT2D eigenvalue weighted by molar-refractivity contribution is 0.0911. The molecule has 1 unspecified atom stereocenters. The number of nitrogens with zero attached hydrogens (tertiary/aromatic N) is 4. The molecule has 2 aliphatic rings. The van der Waals surface area contributed by atoms with Crippen LogP contribution in [-0.2, 0) is 5.41 Å². The van der Waals surface area contributed by atoms with Crippen LogP contribution in [0.5, 0.6) is 5.75 Å². The SMILES string of the molecule is CCN1CCCC(Oc2cc(-c3noc(C(C)(C)C)n3)ncc2C2CC2)C1. The van der Waals surface area contributed by atoms with Gasteiger partial charge in [0.25, 0.3) is 0 Å². The molecule has 6 nitrogen and oxygen atoms in total. The molecule has 2 fully saturated rings. The number of likely N-dealkylation sites (tertiary alicyclic amines) is 1. The molecule has 1 saturated heterocycles. The van der Waals surface area contributed by atoms with Gasteiger partial charge in [-0.3, -0.25) is 9.88 Å². The number of hydrogen-bond donors (Lipinski definition) is 0. The number of piperidine rings is 1. The number of pyridine rings is 1.